The molecule has 0 radical (unpaired) electrons. The van der Waals surface area contributed by atoms with E-state index in [0.29, 0.717) is 11.3 Å². The minimum atomic E-state index is -3.59. The number of aliphatic hydroxyl groups is 1. The molecule has 1 rings (SSSR count). The first kappa shape index (κ1) is 18.3. The molecule has 0 saturated heterocycles. The number of rotatable bonds is 9. The van der Waals surface area contributed by atoms with Crippen molar-refractivity contribution < 1.29 is 18.3 Å². The van der Waals surface area contributed by atoms with Gasteiger partial charge in [-0.25, -0.2) is 13.1 Å². The van der Waals surface area contributed by atoms with Gasteiger partial charge in [0.05, 0.1) is 12.0 Å². The van der Waals surface area contributed by atoms with Crippen LogP contribution in [0.15, 0.2) is 23.1 Å². The summed E-state index contributed by atoms with van der Waals surface area (Å²) in [5.74, 6) is 1.48. The minimum absolute atomic E-state index is 0.113. The van der Waals surface area contributed by atoms with E-state index in [2.05, 4.69) is 4.72 Å². The highest BCUT2D eigenvalue weighted by molar-refractivity contribution is 7.98. The summed E-state index contributed by atoms with van der Waals surface area (Å²) in [6.45, 7) is 1.74. The highest BCUT2D eigenvalue weighted by atomic mass is 32.2. The molecule has 0 aromatic heterocycles. The number of thioether (sulfide) groups is 1. The van der Waals surface area contributed by atoms with Crippen molar-refractivity contribution in [3.63, 3.8) is 0 Å². The molecular weight excluding hydrogens is 310 g/mol. The van der Waals surface area contributed by atoms with E-state index in [1.54, 1.807) is 23.9 Å². The average Bonchev–Trinajstić information content (AvgIpc) is 2.44. The molecule has 0 spiro atoms. The van der Waals surface area contributed by atoms with Crippen LogP contribution in [-0.2, 0) is 16.4 Å². The molecule has 2 N–H and O–H groups in total. The van der Waals surface area contributed by atoms with Crippen LogP contribution in [0.25, 0.3) is 0 Å². The van der Waals surface area contributed by atoms with Gasteiger partial charge in [0, 0.05) is 12.6 Å². The predicted octanol–water partition coefficient (Wildman–Crippen LogP) is 1.65. The first-order chi connectivity index (χ1) is 9.94. The van der Waals surface area contributed by atoms with Gasteiger partial charge in [-0.05, 0) is 55.5 Å². The van der Waals surface area contributed by atoms with Crippen molar-refractivity contribution in [1.29, 1.82) is 0 Å². The van der Waals surface area contributed by atoms with E-state index >= 15 is 0 Å². The van der Waals surface area contributed by atoms with E-state index < -0.39 is 10.0 Å². The van der Waals surface area contributed by atoms with Gasteiger partial charge in [0.15, 0.2) is 0 Å². The summed E-state index contributed by atoms with van der Waals surface area (Å²) in [5.41, 5.74) is 0.557. The molecule has 0 aliphatic heterocycles. The number of nitrogens with one attached hydrogen (secondary N) is 1. The normalized spacial score (nSPS) is 13.1. The molecule has 21 heavy (non-hydrogen) atoms. The van der Waals surface area contributed by atoms with Gasteiger partial charge in [-0.3, -0.25) is 0 Å². The Bertz CT molecular complexity index is 546. The molecule has 0 saturated carbocycles. The zero-order valence-electron chi connectivity index (χ0n) is 12.6. The van der Waals surface area contributed by atoms with Crippen LogP contribution in [0.2, 0.25) is 0 Å². The van der Waals surface area contributed by atoms with Gasteiger partial charge in [0.2, 0.25) is 10.0 Å². The van der Waals surface area contributed by atoms with Crippen LogP contribution >= 0.6 is 11.8 Å². The third kappa shape index (κ3) is 5.50. The number of methoxy groups -OCH3 is 1. The summed E-state index contributed by atoms with van der Waals surface area (Å²) >= 11 is 1.68. The van der Waals surface area contributed by atoms with Gasteiger partial charge in [0.25, 0.3) is 0 Å². The average molecular weight is 333 g/mol. The third-order valence-electron chi connectivity index (χ3n) is 3.05. The summed E-state index contributed by atoms with van der Waals surface area (Å²) < 4.78 is 32.7. The van der Waals surface area contributed by atoms with Crippen LogP contribution in [0.3, 0.4) is 0 Å². The molecule has 7 heteroatoms. The standard InChI is InChI=1S/C14H23NO4S2/c1-11(7-9-20-3)15-21(17,18)14-5-4-13(19-2)10-12(14)6-8-16/h4-5,10-11,15-16H,6-9H2,1-3H3. The maximum absolute atomic E-state index is 12.5. The summed E-state index contributed by atoms with van der Waals surface area (Å²) in [4.78, 5) is 0.202. The molecule has 0 fully saturated rings. The number of hydrogen-bond donors (Lipinski definition) is 2. The fraction of sp³-hybridized carbons (Fsp3) is 0.571. The highest BCUT2D eigenvalue weighted by Crippen LogP contribution is 2.22. The van der Waals surface area contributed by atoms with Crippen LogP contribution in [0.4, 0.5) is 0 Å². The van der Waals surface area contributed by atoms with Crippen molar-refractivity contribution in [3.05, 3.63) is 23.8 Å². The number of sulfonamides is 1. The van der Waals surface area contributed by atoms with E-state index in [1.165, 1.54) is 13.2 Å². The van der Waals surface area contributed by atoms with Gasteiger partial charge in [-0.15, -0.1) is 0 Å². The molecule has 0 amide bonds. The van der Waals surface area contributed by atoms with Gasteiger partial charge >= 0.3 is 0 Å². The van der Waals surface area contributed by atoms with Crippen molar-refractivity contribution in [2.75, 3.05) is 25.7 Å². The van der Waals surface area contributed by atoms with Crippen LogP contribution in [0.1, 0.15) is 18.9 Å². The van der Waals surface area contributed by atoms with Gasteiger partial charge in [-0.2, -0.15) is 11.8 Å². The summed E-state index contributed by atoms with van der Waals surface area (Å²) in [6, 6.07) is 4.65. The van der Waals surface area contributed by atoms with Crippen molar-refractivity contribution in [1.82, 2.24) is 4.72 Å². The second-order valence-electron chi connectivity index (χ2n) is 4.75. The van der Waals surface area contributed by atoms with Crippen molar-refractivity contribution >= 4 is 21.8 Å². The second-order valence-corrected chi connectivity index (χ2v) is 7.42. The monoisotopic (exact) mass is 333 g/mol. The zero-order chi connectivity index (χ0) is 15.9. The highest BCUT2D eigenvalue weighted by Gasteiger charge is 2.21. The van der Waals surface area contributed by atoms with E-state index in [0.717, 1.165) is 12.2 Å². The lowest BCUT2D eigenvalue weighted by Crippen LogP contribution is -2.33. The van der Waals surface area contributed by atoms with Crippen molar-refractivity contribution in [2.24, 2.45) is 0 Å². The predicted molar refractivity (Wildman–Crippen MR) is 86.6 cm³/mol. The number of aliphatic hydroxyl groups excluding tert-OH is 1. The van der Waals surface area contributed by atoms with Gasteiger partial charge in [0.1, 0.15) is 5.75 Å². The van der Waals surface area contributed by atoms with Gasteiger partial charge < -0.3 is 9.84 Å². The fourth-order valence-electron chi connectivity index (χ4n) is 1.94. The molecule has 120 valence electrons. The summed E-state index contributed by atoms with van der Waals surface area (Å²) in [6.07, 6.45) is 3.03. The van der Waals surface area contributed by atoms with Crippen molar-refractivity contribution in [3.8, 4) is 5.75 Å². The van der Waals surface area contributed by atoms with E-state index in [9.17, 15) is 8.42 Å². The molecule has 1 unspecified atom stereocenters. The Morgan fingerprint density at radius 3 is 2.71 bits per heavy atom. The number of ether oxygens (including phenoxy) is 1. The molecule has 0 heterocycles. The first-order valence-electron chi connectivity index (χ1n) is 6.73. The smallest absolute Gasteiger partial charge is 0.241 e. The second kappa shape index (κ2) is 8.63. The van der Waals surface area contributed by atoms with Crippen LogP contribution < -0.4 is 9.46 Å². The molecule has 1 atom stereocenters. The van der Waals surface area contributed by atoms with Gasteiger partial charge in [-0.1, -0.05) is 0 Å². The Labute approximate surface area is 131 Å². The lowest BCUT2D eigenvalue weighted by atomic mass is 10.1. The SMILES string of the molecule is COc1ccc(S(=O)(=O)NC(C)CCSC)c(CCO)c1. The molecule has 1 aromatic rings. The maximum Gasteiger partial charge on any atom is 0.241 e. The molecule has 0 bridgehead atoms. The van der Waals surface area contributed by atoms with E-state index in [-0.39, 0.29) is 24.0 Å². The lowest BCUT2D eigenvalue weighted by Gasteiger charge is -2.16. The summed E-state index contributed by atoms with van der Waals surface area (Å²) in [5, 5.41) is 9.11. The minimum Gasteiger partial charge on any atom is -0.497 e. The van der Waals surface area contributed by atoms with Crippen LogP contribution in [0, 0.1) is 0 Å². The topological polar surface area (TPSA) is 75.6 Å². The third-order valence-corrected chi connectivity index (χ3v) is 5.38. The Morgan fingerprint density at radius 2 is 2.14 bits per heavy atom. The zero-order valence-corrected chi connectivity index (χ0v) is 14.3. The molecule has 1 aromatic carbocycles. The largest absolute Gasteiger partial charge is 0.497 e. The molecule has 0 aliphatic carbocycles. The van der Waals surface area contributed by atoms with E-state index in [1.807, 2.05) is 13.2 Å². The Kier molecular flexibility index (Phi) is 7.51. The van der Waals surface area contributed by atoms with Crippen molar-refractivity contribution in [2.45, 2.75) is 30.7 Å². The van der Waals surface area contributed by atoms with Crippen LogP contribution in [-0.4, -0.2) is 45.3 Å². The molecular formula is C14H23NO4S2. The molecule has 5 nitrogen and oxygen atoms in total. The maximum atomic E-state index is 12.5. The Hall–Kier alpha value is -0.760. The Morgan fingerprint density at radius 1 is 1.43 bits per heavy atom. The quantitative estimate of drug-likeness (QED) is 0.719. The first-order valence-corrected chi connectivity index (χ1v) is 9.61. The van der Waals surface area contributed by atoms with Crippen LogP contribution in [0.5, 0.6) is 5.75 Å². The molecule has 0 aliphatic rings. The summed E-state index contributed by atoms with van der Waals surface area (Å²) in [7, 11) is -2.07. The fourth-order valence-corrected chi connectivity index (χ4v) is 4.06. The number of benzene rings is 1. The van der Waals surface area contributed by atoms with E-state index in [4.69, 9.17) is 9.84 Å². The Balaban J connectivity index is 3.01. The number of hydrogen-bond acceptors (Lipinski definition) is 5. The lowest BCUT2D eigenvalue weighted by molar-refractivity contribution is 0.298.